The highest BCUT2D eigenvalue weighted by Crippen LogP contribution is 2.23. The Morgan fingerprint density at radius 2 is 2.10 bits per heavy atom. The Bertz CT molecular complexity index is 526. The molecule has 0 aromatic carbocycles. The fourth-order valence-corrected chi connectivity index (χ4v) is 3.27. The van der Waals surface area contributed by atoms with Gasteiger partial charge in [-0.05, 0) is 31.2 Å². The molecule has 1 fully saturated rings. The lowest BCUT2D eigenvalue weighted by Gasteiger charge is -2.36. The van der Waals surface area contributed by atoms with Crippen molar-refractivity contribution in [2.45, 2.75) is 38.6 Å². The number of nitrogens with zero attached hydrogens (tertiary/aromatic N) is 1. The zero-order valence-corrected chi connectivity index (χ0v) is 12.8. The van der Waals surface area contributed by atoms with Gasteiger partial charge in [0.1, 0.15) is 0 Å². The molecular weight excluding hydrogens is 290 g/mol. The first-order valence-corrected chi connectivity index (χ1v) is 7.96. The van der Waals surface area contributed by atoms with Gasteiger partial charge in [-0.2, -0.15) is 0 Å². The number of likely N-dealkylation sites (tertiary alicyclic amines) is 1. The van der Waals surface area contributed by atoms with Gasteiger partial charge in [-0.1, -0.05) is 6.07 Å². The number of hydrogen-bond acceptors (Lipinski definition) is 4. The van der Waals surface area contributed by atoms with E-state index >= 15 is 0 Å². The van der Waals surface area contributed by atoms with Crippen LogP contribution in [0.15, 0.2) is 17.5 Å². The van der Waals surface area contributed by atoms with Crippen molar-refractivity contribution in [3.8, 4) is 0 Å². The van der Waals surface area contributed by atoms with Gasteiger partial charge in [0.05, 0.1) is 10.8 Å². The van der Waals surface area contributed by atoms with Gasteiger partial charge in [0.15, 0.2) is 5.78 Å². The Labute approximate surface area is 127 Å². The highest BCUT2D eigenvalue weighted by atomic mass is 32.1. The van der Waals surface area contributed by atoms with Crippen LogP contribution in [0.1, 0.15) is 42.3 Å². The highest BCUT2D eigenvalue weighted by Gasteiger charge is 2.32. The molecule has 0 aliphatic carbocycles. The van der Waals surface area contributed by atoms with Gasteiger partial charge >= 0.3 is 5.97 Å². The Hall–Kier alpha value is -1.69. The van der Waals surface area contributed by atoms with Crippen molar-refractivity contribution in [1.82, 2.24) is 4.90 Å². The van der Waals surface area contributed by atoms with Crippen LogP contribution >= 0.6 is 11.3 Å². The average Bonchev–Trinajstić information content (AvgIpc) is 2.98. The quantitative estimate of drug-likeness (QED) is 0.848. The molecule has 6 heteroatoms. The molecule has 1 aromatic rings. The van der Waals surface area contributed by atoms with E-state index in [0.717, 1.165) is 0 Å². The lowest BCUT2D eigenvalue weighted by atomic mass is 9.93. The SMILES string of the molecule is CC1CCC(C(=O)O)CN1C(=O)CCC(=O)c1cccs1. The van der Waals surface area contributed by atoms with Crippen molar-refractivity contribution in [3.05, 3.63) is 22.4 Å². The van der Waals surface area contributed by atoms with Crippen molar-refractivity contribution < 1.29 is 19.5 Å². The maximum atomic E-state index is 12.2. The summed E-state index contributed by atoms with van der Waals surface area (Å²) in [6, 6.07) is 3.61. The van der Waals surface area contributed by atoms with Crippen molar-refractivity contribution in [2.24, 2.45) is 5.92 Å². The Kier molecular flexibility index (Phi) is 5.12. The van der Waals surface area contributed by atoms with Crippen LogP contribution in [0.2, 0.25) is 0 Å². The Morgan fingerprint density at radius 3 is 2.71 bits per heavy atom. The third-order valence-corrected chi connectivity index (χ3v) is 4.82. The predicted molar refractivity (Wildman–Crippen MR) is 79.4 cm³/mol. The molecule has 1 aliphatic heterocycles. The molecule has 0 radical (unpaired) electrons. The molecule has 2 atom stereocenters. The molecule has 1 aliphatic rings. The monoisotopic (exact) mass is 309 g/mol. The maximum absolute atomic E-state index is 12.2. The number of amides is 1. The van der Waals surface area contributed by atoms with Crippen LogP contribution in [0.4, 0.5) is 0 Å². The summed E-state index contributed by atoms with van der Waals surface area (Å²) in [5, 5.41) is 10.9. The van der Waals surface area contributed by atoms with Crippen molar-refractivity contribution in [3.63, 3.8) is 0 Å². The first-order chi connectivity index (χ1) is 9.99. The van der Waals surface area contributed by atoms with Crippen LogP contribution in [0.25, 0.3) is 0 Å². The molecule has 114 valence electrons. The largest absolute Gasteiger partial charge is 0.481 e. The number of carbonyl (C=O) groups is 3. The minimum absolute atomic E-state index is 0.0298. The second-order valence-electron chi connectivity index (χ2n) is 5.41. The fourth-order valence-electron chi connectivity index (χ4n) is 2.58. The first-order valence-electron chi connectivity index (χ1n) is 7.08. The van der Waals surface area contributed by atoms with E-state index in [4.69, 9.17) is 5.11 Å². The van der Waals surface area contributed by atoms with Crippen LogP contribution < -0.4 is 0 Å². The van der Waals surface area contributed by atoms with Gasteiger partial charge in [0.2, 0.25) is 5.91 Å². The number of thiophene rings is 1. The van der Waals surface area contributed by atoms with Crippen LogP contribution in [0.5, 0.6) is 0 Å². The van der Waals surface area contributed by atoms with Gasteiger partial charge < -0.3 is 10.0 Å². The number of carbonyl (C=O) groups excluding carboxylic acids is 2. The van der Waals surface area contributed by atoms with Gasteiger partial charge in [-0.3, -0.25) is 14.4 Å². The van der Waals surface area contributed by atoms with E-state index in [2.05, 4.69) is 0 Å². The standard InChI is InChI=1S/C15H19NO4S/c1-10-4-5-11(15(19)20)9-16(10)14(18)7-6-12(17)13-3-2-8-21-13/h2-3,8,10-11H,4-7,9H2,1H3,(H,19,20). The van der Waals surface area contributed by atoms with Gasteiger partial charge in [0, 0.05) is 25.4 Å². The third kappa shape index (κ3) is 3.91. The second-order valence-corrected chi connectivity index (χ2v) is 6.36. The van der Waals surface area contributed by atoms with Crippen LogP contribution in [0.3, 0.4) is 0 Å². The number of piperidine rings is 1. The lowest BCUT2D eigenvalue weighted by molar-refractivity contribution is -0.147. The Morgan fingerprint density at radius 1 is 1.33 bits per heavy atom. The van der Waals surface area contributed by atoms with Crippen LogP contribution in [-0.4, -0.2) is 40.3 Å². The smallest absolute Gasteiger partial charge is 0.308 e. The van der Waals surface area contributed by atoms with Gasteiger partial charge in [0.25, 0.3) is 0 Å². The summed E-state index contributed by atoms with van der Waals surface area (Å²) in [4.78, 5) is 37.5. The fraction of sp³-hybridized carbons (Fsp3) is 0.533. The molecule has 0 bridgehead atoms. The molecule has 0 saturated carbocycles. The lowest BCUT2D eigenvalue weighted by Crippen LogP contribution is -2.47. The predicted octanol–water partition coefficient (Wildman–Crippen LogP) is 2.42. The van der Waals surface area contributed by atoms with E-state index in [1.807, 2.05) is 18.4 Å². The third-order valence-electron chi connectivity index (χ3n) is 3.91. The zero-order chi connectivity index (χ0) is 15.4. The summed E-state index contributed by atoms with van der Waals surface area (Å²) in [6.07, 6.45) is 1.63. The molecule has 5 nitrogen and oxygen atoms in total. The maximum Gasteiger partial charge on any atom is 0.308 e. The summed E-state index contributed by atoms with van der Waals surface area (Å²) in [6.45, 7) is 2.18. The summed E-state index contributed by atoms with van der Waals surface area (Å²) in [7, 11) is 0. The van der Waals surface area contributed by atoms with E-state index < -0.39 is 11.9 Å². The van der Waals surface area contributed by atoms with Crippen LogP contribution in [0, 0.1) is 5.92 Å². The molecule has 1 N–H and O–H groups in total. The number of hydrogen-bond donors (Lipinski definition) is 1. The number of rotatable bonds is 5. The topological polar surface area (TPSA) is 74.7 Å². The first kappa shape index (κ1) is 15.7. The molecule has 1 saturated heterocycles. The Balaban J connectivity index is 1.89. The molecule has 2 unspecified atom stereocenters. The molecule has 2 rings (SSSR count). The minimum Gasteiger partial charge on any atom is -0.481 e. The summed E-state index contributed by atoms with van der Waals surface area (Å²) in [5.41, 5.74) is 0. The van der Waals surface area contributed by atoms with Crippen molar-refractivity contribution >= 4 is 29.0 Å². The molecule has 0 spiro atoms. The number of ketones is 1. The van der Waals surface area contributed by atoms with Gasteiger partial charge in [-0.15, -0.1) is 11.3 Å². The molecule has 21 heavy (non-hydrogen) atoms. The number of carboxylic acid groups (broad SMARTS) is 1. The van der Waals surface area contributed by atoms with E-state index in [0.29, 0.717) is 17.7 Å². The zero-order valence-electron chi connectivity index (χ0n) is 11.9. The molecule has 1 amide bonds. The van der Waals surface area contributed by atoms with E-state index in [-0.39, 0.29) is 37.1 Å². The van der Waals surface area contributed by atoms with Gasteiger partial charge in [-0.25, -0.2) is 0 Å². The molecular formula is C15H19NO4S. The van der Waals surface area contributed by atoms with Crippen molar-refractivity contribution in [2.75, 3.05) is 6.54 Å². The number of carboxylic acids is 1. The van der Waals surface area contributed by atoms with E-state index in [9.17, 15) is 14.4 Å². The molecule has 1 aromatic heterocycles. The number of aliphatic carboxylic acids is 1. The summed E-state index contributed by atoms with van der Waals surface area (Å²) in [5.74, 6) is -1.50. The molecule has 2 heterocycles. The highest BCUT2D eigenvalue weighted by molar-refractivity contribution is 7.12. The number of Topliss-reactive ketones (excluding diaryl/α,β-unsaturated/α-hetero) is 1. The normalized spacial score (nSPS) is 22.0. The van der Waals surface area contributed by atoms with E-state index in [1.165, 1.54) is 11.3 Å². The van der Waals surface area contributed by atoms with Crippen molar-refractivity contribution in [1.29, 1.82) is 0 Å². The average molecular weight is 309 g/mol. The summed E-state index contributed by atoms with van der Waals surface area (Å²) >= 11 is 1.37. The second kappa shape index (κ2) is 6.85. The van der Waals surface area contributed by atoms with Crippen LogP contribution in [-0.2, 0) is 9.59 Å². The summed E-state index contributed by atoms with van der Waals surface area (Å²) < 4.78 is 0. The minimum atomic E-state index is -0.852. The van der Waals surface area contributed by atoms with E-state index in [1.54, 1.807) is 11.0 Å².